The molecule has 0 aliphatic heterocycles. The van der Waals surface area contributed by atoms with Crippen LogP contribution < -0.4 is 4.74 Å². The molecule has 0 atom stereocenters. The van der Waals surface area contributed by atoms with E-state index in [1.54, 1.807) is 0 Å². The van der Waals surface area contributed by atoms with Gasteiger partial charge in [-0.3, -0.25) is 0 Å². The molecule has 0 aliphatic rings. The van der Waals surface area contributed by atoms with Gasteiger partial charge < -0.3 is 4.74 Å². The lowest BCUT2D eigenvalue weighted by Gasteiger charge is -2.14. The molecule has 0 radical (unpaired) electrons. The molecule has 4 nitrogen and oxygen atoms in total. The normalized spacial score (nSPS) is 12.9. The minimum atomic E-state index is -5.09. The van der Waals surface area contributed by atoms with Gasteiger partial charge in [-0.05, 0) is 24.3 Å². The molecule has 13 heteroatoms. The fraction of sp³-hybridized carbons (Fsp3) is 0.154. The Morgan fingerprint density at radius 1 is 1.00 bits per heavy atom. The highest BCUT2D eigenvalue weighted by molar-refractivity contribution is 8.13. The second-order valence-electron chi connectivity index (χ2n) is 4.70. The Bertz CT molecular complexity index is 944. The summed E-state index contributed by atoms with van der Waals surface area (Å²) in [5.74, 6) is -1.16. The van der Waals surface area contributed by atoms with Crippen LogP contribution in [0.1, 0.15) is 11.1 Å². The summed E-state index contributed by atoms with van der Waals surface area (Å²) >= 11 is 5.59. The topological polar surface area (TPSA) is 56.3 Å². The average Bonchev–Trinajstić information content (AvgIpc) is 2.46. The van der Waals surface area contributed by atoms with Crippen molar-refractivity contribution in [3.05, 3.63) is 46.6 Å². The molecule has 0 aliphatic carbocycles. The predicted molar refractivity (Wildman–Crippen MR) is 78.8 cm³/mol. The number of hydrogen-bond acceptors (Lipinski definition) is 4. The maximum atomic E-state index is 13.0. The van der Waals surface area contributed by atoms with E-state index in [1.807, 2.05) is 0 Å². The molecular formula is C13H5Cl2F6NO3S. The van der Waals surface area contributed by atoms with Crippen LogP contribution in [0.5, 0.6) is 11.6 Å². The highest BCUT2D eigenvalue weighted by atomic mass is 35.7. The Morgan fingerprint density at radius 3 is 2.08 bits per heavy atom. The number of hydrogen-bond donors (Lipinski definition) is 0. The van der Waals surface area contributed by atoms with Crippen LogP contribution in [0.15, 0.2) is 35.4 Å². The van der Waals surface area contributed by atoms with Crippen LogP contribution in [0.25, 0.3) is 0 Å². The van der Waals surface area contributed by atoms with Crippen LogP contribution >= 0.6 is 22.3 Å². The first-order chi connectivity index (χ1) is 11.7. The van der Waals surface area contributed by atoms with Crippen molar-refractivity contribution in [2.24, 2.45) is 0 Å². The maximum absolute atomic E-state index is 13.0. The fourth-order valence-electron chi connectivity index (χ4n) is 1.77. The second-order valence-corrected chi connectivity index (χ2v) is 7.65. The van der Waals surface area contributed by atoms with Crippen molar-refractivity contribution in [3.63, 3.8) is 0 Å². The molecule has 1 aromatic carbocycles. The number of rotatable bonds is 3. The van der Waals surface area contributed by atoms with Crippen LogP contribution in [0.3, 0.4) is 0 Å². The smallest absolute Gasteiger partial charge is 0.417 e. The van der Waals surface area contributed by atoms with E-state index in [4.69, 9.17) is 27.0 Å². The molecule has 26 heavy (non-hydrogen) atoms. The van der Waals surface area contributed by atoms with Gasteiger partial charge in [-0.15, -0.1) is 0 Å². The van der Waals surface area contributed by atoms with Crippen molar-refractivity contribution in [2.75, 3.05) is 0 Å². The minimum absolute atomic E-state index is 0.310. The molecule has 142 valence electrons. The summed E-state index contributed by atoms with van der Waals surface area (Å²) in [6.45, 7) is 0. The SMILES string of the molecule is O=S(=O)(Cl)c1ccc(Oc2ncc(C(F)(F)F)cc2Cl)cc1C(F)(F)F. The summed E-state index contributed by atoms with van der Waals surface area (Å²) in [6, 6.07) is 2.15. The van der Waals surface area contributed by atoms with Crippen molar-refractivity contribution in [3.8, 4) is 11.6 Å². The lowest BCUT2D eigenvalue weighted by atomic mass is 10.2. The van der Waals surface area contributed by atoms with Gasteiger partial charge >= 0.3 is 12.4 Å². The van der Waals surface area contributed by atoms with Crippen molar-refractivity contribution in [1.82, 2.24) is 4.98 Å². The highest BCUT2D eigenvalue weighted by Crippen LogP contribution is 2.39. The van der Waals surface area contributed by atoms with Crippen LogP contribution in [-0.4, -0.2) is 13.4 Å². The first kappa shape index (κ1) is 20.6. The third kappa shape index (κ3) is 4.71. The number of pyridine rings is 1. The van der Waals surface area contributed by atoms with E-state index in [1.165, 1.54) is 0 Å². The molecule has 0 unspecified atom stereocenters. The number of benzene rings is 1. The predicted octanol–water partition coefficient (Wildman–Crippen LogP) is 5.49. The molecular weight excluding hydrogens is 435 g/mol. The van der Waals surface area contributed by atoms with E-state index in [-0.39, 0.29) is 0 Å². The van der Waals surface area contributed by atoms with Crippen LogP contribution in [0, 0.1) is 0 Å². The second kappa shape index (κ2) is 6.78. The molecule has 0 fully saturated rings. The molecule has 1 aromatic heterocycles. The quantitative estimate of drug-likeness (QED) is 0.468. The Hall–Kier alpha value is -1.72. The number of ether oxygens (including phenoxy) is 1. The number of halogens is 8. The van der Waals surface area contributed by atoms with Crippen molar-refractivity contribution in [1.29, 1.82) is 0 Å². The van der Waals surface area contributed by atoms with E-state index >= 15 is 0 Å². The molecule has 2 rings (SSSR count). The number of alkyl halides is 6. The van der Waals surface area contributed by atoms with Gasteiger partial charge in [-0.1, -0.05) is 11.6 Å². The third-order valence-electron chi connectivity index (χ3n) is 2.87. The van der Waals surface area contributed by atoms with E-state index in [2.05, 4.69) is 4.98 Å². The van der Waals surface area contributed by atoms with Crippen LogP contribution in [0.2, 0.25) is 5.02 Å². The van der Waals surface area contributed by atoms with Crippen molar-refractivity contribution in [2.45, 2.75) is 17.2 Å². The molecule has 1 heterocycles. The summed E-state index contributed by atoms with van der Waals surface area (Å²) in [7, 11) is 0.253. The summed E-state index contributed by atoms with van der Waals surface area (Å²) in [5, 5.41) is -0.609. The van der Waals surface area contributed by atoms with Gasteiger partial charge in [0.05, 0.1) is 16.0 Å². The summed E-state index contributed by atoms with van der Waals surface area (Å²) in [5.41, 5.74) is -2.80. The Kier molecular flexibility index (Phi) is 5.37. The van der Waals surface area contributed by atoms with Gasteiger partial charge in [-0.2, -0.15) is 26.3 Å². The first-order valence-electron chi connectivity index (χ1n) is 6.26. The Labute approximate surface area is 151 Å². The summed E-state index contributed by atoms with van der Waals surface area (Å²) in [6.07, 6.45) is -9.44. The van der Waals surface area contributed by atoms with Crippen LogP contribution in [-0.2, 0) is 21.4 Å². The Morgan fingerprint density at radius 2 is 1.62 bits per heavy atom. The van der Waals surface area contributed by atoms with E-state index in [9.17, 15) is 34.8 Å². The lowest BCUT2D eigenvalue weighted by Crippen LogP contribution is -2.11. The molecule has 0 saturated heterocycles. The van der Waals surface area contributed by atoms with E-state index in [0.717, 1.165) is 6.07 Å². The zero-order valence-electron chi connectivity index (χ0n) is 12.0. The molecule has 0 bridgehead atoms. The standard InChI is InChI=1S/C13H5Cl2F6NO3S/c14-9-3-6(12(16,17)18)5-22-11(9)25-7-1-2-10(26(15,23)24)8(4-7)13(19,20)21/h1-5H. The maximum Gasteiger partial charge on any atom is 0.417 e. The van der Waals surface area contributed by atoms with Gasteiger partial charge in [0.2, 0.25) is 5.88 Å². The van der Waals surface area contributed by atoms with Gasteiger partial charge in [-0.25, -0.2) is 13.4 Å². The first-order valence-corrected chi connectivity index (χ1v) is 8.95. The zero-order valence-corrected chi connectivity index (χ0v) is 14.3. The number of aromatic nitrogens is 1. The average molecular weight is 440 g/mol. The molecule has 0 spiro atoms. The molecule has 0 saturated carbocycles. The van der Waals surface area contributed by atoms with E-state index < -0.39 is 54.1 Å². The largest absolute Gasteiger partial charge is 0.438 e. The molecule has 0 N–H and O–H groups in total. The van der Waals surface area contributed by atoms with Gasteiger partial charge in [0.25, 0.3) is 9.05 Å². The van der Waals surface area contributed by atoms with Gasteiger partial charge in [0, 0.05) is 16.9 Å². The molecule has 0 amide bonds. The molecule has 2 aromatic rings. The highest BCUT2D eigenvalue weighted by Gasteiger charge is 2.37. The number of nitrogens with zero attached hydrogens (tertiary/aromatic N) is 1. The van der Waals surface area contributed by atoms with Gasteiger partial charge in [0.1, 0.15) is 10.8 Å². The van der Waals surface area contributed by atoms with Crippen LogP contribution in [0.4, 0.5) is 26.3 Å². The minimum Gasteiger partial charge on any atom is -0.438 e. The lowest BCUT2D eigenvalue weighted by molar-refractivity contribution is -0.140. The fourth-order valence-corrected chi connectivity index (χ4v) is 3.05. The van der Waals surface area contributed by atoms with Crippen molar-refractivity contribution < 1.29 is 39.5 Å². The van der Waals surface area contributed by atoms with Gasteiger partial charge in [0.15, 0.2) is 0 Å². The van der Waals surface area contributed by atoms with Crippen molar-refractivity contribution >= 4 is 31.3 Å². The summed E-state index contributed by atoms with van der Waals surface area (Å²) in [4.78, 5) is 2.10. The van der Waals surface area contributed by atoms with E-state index in [0.29, 0.717) is 24.4 Å². The zero-order chi connectivity index (χ0) is 19.9. The summed E-state index contributed by atoms with van der Waals surface area (Å²) < 4.78 is 104. The Balaban J connectivity index is 2.46. The third-order valence-corrected chi connectivity index (χ3v) is 4.52. The monoisotopic (exact) mass is 439 g/mol.